The minimum absolute atomic E-state index is 0.194. The van der Waals surface area contributed by atoms with Crippen molar-refractivity contribution in [3.05, 3.63) is 42.0 Å². The van der Waals surface area contributed by atoms with Gasteiger partial charge >= 0.3 is 5.97 Å². The number of hydrogen-bond donors (Lipinski definition) is 1. The van der Waals surface area contributed by atoms with Crippen molar-refractivity contribution < 1.29 is 14.3 Å². The van der Waals surface area contributed by atoms with Gasteiger partial charge in [0.1, 0.15) is 11.3 Å². The van der Waals surface area contributed by atoms with Crippen LogP contribution in [0.5, 0.6) is 0 Å². The Kier molecular flexibility index (Phi) is 2.47. The third kappa shape index (κ3) is 1.94. The molecule has 106 valence electrons. The van der Waals surface area contributed by atoms with Crippen molar-refractivity contribution in [3.8, 4) is 0 Å². The zero-order valence-corrected chi connectivity index (χ0v) is 11.1. The summed E-state index contributed by atoms with van der Waals surface area (Å²) in [6, 6.07) is 5.19. The van der Waals surface area contributed by atoms with Gasteiger partial charge in [0.05, 0.1) is 12.1 Å². The van der Waals surface area contributed by atoms with Crippen LogP contribution in [0.25, 0.3) is 11.1 Å². The summed E-state index contributed by atoms with van der Waals surface area (Å²) in [5, 5.41) is 9.00. The first-order valence-corrected chi connectivity index (χ1v) is 6.59. The van der Waals surface area contributed by atoms with Gasteiger partial charge in [-0.15, -0.1) is 0 Å². The van der Waals surface area contributed by atoms with E-state index in [1.807, 2.05) is 11.1 Å². The Morgan fingerprint density at radius 2 is 2.24 bits per heavy atom. The number of aromatic carboxylic acids is 1. The van der Waals surface area contributed by atoms with E-state index in [-0.39, 0.29) is 5.56 Å². The zero-order valence-electron chi connectivity index (χ0n) is 11.1. The molecule has 0 amide bonds. The monoisotopic (exact) mass is 284 g/mol. The summed E-state index contributed by atoms with van der Waals surface area (Å²) in [6.07, 6.45) is 3.74. The average Bonchev–Trinajstić information content (AvgIpc) is 3.11. The van der Waals surface area contributed by atoms with Crippen molar-refractivity contribution in [1.82, 2.24) is 14.5 Å². The van der Waals surface area contributed by atoms with Crippen LogP contribution < -0.4 is 4.90 Å². The summed E-state index contributed by atoms with van der Waals surface area (Å²) >= 11 is 0. The second-order valence-corrected chi connectivity index (χ2v) is 4.94. The van der Waals surface area contributed by atoms with Crippen LogP contribution in [0, 0.1) is 0 Å². The van der Waals surface area contributed by atoms with Crippen molar-refractivity contribution in [2.24, 2.45) is 0 Å². The molecular weight excluding hydrogens is 272 g/mol. The number of aromatic nitrogens is 3. The minimum Gasteiger partial charge on any atom is -0.478 e. The van der Waals surface area contributed by atoms with Crippen LogP contribution in [0.4, 0.5) is 6.01 Å². The van der Waals surface area contributed by atoms with Gasteiger partial charge in [-0.25, -0.2) is 9.78 Å². The maximum atomic E-state index is 11.0. The van der Waals surface area contributed by atoms with Crippen LogP contribution in [0.15, 0.2) is 35.0 Å². The largest absolute Gasteiger partial charge is 0.478 e. The highest BCUT2D eigenvalue weighted by molar-refractivity contribution is 5.92. The van der Waals surface area contributed by atoms with E-state index >= 15 is 0 Å². The smallest absolute Gasteiger partial charge is 0.335 e. The number of hydrogen-bond acceptors (Lipinski definition) is 5. The van der Waals surface area contributed by atoms with E-state index in [4.69, 9.17) is 9.52 Å². The molecule has 0 spiro atoms. The SMILES string of the molecule is O=C(O)c1ccc2nc(N3CCn4ccnc4C3)oc2c1. The molecule has 0 saturated carbocycles. The van der Waals surface area contributed by atoms with E-state index < -0.39 is 5.97 Å². The number of imidazole rings is 1. The molecule has 4 rings (SSSR count). The Labute approximate surface area is 119 Å². The maximum absolute atomic E-state index is 11.0. The summed E-state index contributed by atoms with van der Waals surface area (Å²) in [6.45, 7) is 2.24. The van der Waals surface area contributed by atoms with Gasteiger partial charge in [0, 0.05) is 25.5 Å². The second-order valence-electron chi connectivity index (χ2n) is 4.94. The van der Waals surface area contributed by atoms with E-state index in [0.29, 0.717) is 23.7 Å². The Hall–Kier alpha value is -2.83. The number of carboxylic acid groups (broad SMARTS) is 1. The van der Waals surface area contributed by atoms with Crippen molar-refractivity contribution in [2.45, 2.75) is 13.1 Å². The lowest BCUT2D eigenvalue weighted by Crippen LogP contribution is -2.33. The fraction of sp³-hybridized carbons (Fsp3) is 0.214. The van der Waals surface area contributed by atoms with E-state index in [1.54, 1.807) is 12.3 Å². The first-order chi connectivity index (χ1) is 10.2. The fourth-order valence-corrected chi connectivity index (χ4v) is 2.52. The number of rotatable bonds is 2. The molecule has 0 atom stereocenters. The predicted molar refractivity (Wildman–Crippen MR) is 74.2 cm³/mol. The third-order valence-corrected chi connectivity index (χ3v) is 3.64. The van der Waals surface area contributed by atoms with Crippen LogP contribution >= 0.6 is 0 Å². The van der Waals surface area contributed by atoms with E-state index in [2.05, 4.69) is 14.5 Å². The highest BCUT2D eigenvalue weighted by atomic mass is 16.4. The molecule has 0 aliphatic carbocycles. The lowest BCUT2D eigenvalue weighted by Gasteiger charge is -2.25. The number of carboxylic acids is 1. The number of oxazole rings is 1. The average molecular weight is 284 g/mol. The predicted octanol–water partition coefficient (Wildman–Crippen LogP) is 1.74. The Morgan fingerprint density at radius 1 is 1.33 bits per heavy atom. The molecule has 2 aromatic heterocycles. The molecule has 0 saturated heterocycles. The van der Waals surface area contributed by atoms with Gasteiger partial charge in [-0.1, -0.05) is 0 Å². The van der Waals surface area contributed by atoms with Crippen molar-refractivity contribution >= 4 is 23.1 Å². The van der Waals surface area contributed by atoms with Crippen LogP contribution in [-0.2, 0) is 13.1 Å². The molecule has 0 unspecified atom stereocenters. The Balaban J connectivity index is 1.70. The minimum atomic E-state index is -0.977. The standard InChI is InChI=1S/C14H12N4O3/c19-13(20)9-1-2-10-11(7-9)21-14(16-10)18-6-5-17-4-3-15-12(17)8-18/h1-4,7H,5-6,8H2,(H,19,20). The molecule has 21 heavy (non-hydrogen) atoms. The van der Waals surface area contributed by atoms with Crippen molar-refractivity contribution in [3.63, 3.8) is 0 Å². The van der Waals surface area contributed by atoms with Crippen LogP contribution in [0.1, 0.15) is 16.2 Å². The molecule has 1 aliphatic heterocycles. The van der Waals surface area contributed by atoms with Gasteiger partial charge in [-0.3, -0.25) is 0 Å². The molecule has 1 N–H and O–H groups in total. The quantitative estimate of drug-likeness (QED) is 0.771. The molecule has 1 aromatic carbocycles. The van der Waals surface area contributed by atoms with Crippen LogP contribution in [-0.4, -0.2) is 32.2 Å². The summed E-state index contributed by atoms with van der Waals surface area (Å²) < 4.78 is 7.80. The Morgan fingerprint density at radius 3 is 3.10 bits per heavy atom. The topological polar surface area (TPSA) is 84.4 Å². The number of benzene rings is 1. The fourth-order valence-electron chi connectivity index (χ4n) is 2.52. The molecule has 7 heteroatoms. The maximum Gasteiger partial charge on any atom is 0.335 e. The summed E-state index contributed by atoms with van der Waals surface area (Å²) in [5.41, 5.74) is 1.34. The highest BCUT2D eigenvalue weighted by Crippen LogP contribution is 2.25. The van der Waals surface area contributed by atoms with Crippen LogP contribution in [0.2, 0.25) is 0 Å². The molecule has 3 aromatic rings. The Bertz CT molecular complexity index is 836. The lowest BCUT2D eigenvalue weighted by atomic mass is 10.2. The van der Waals surface area contributed by atoms with Gasteiger partial charge in [-0.05, 0) is 18.2 Å². The van der Waals surface area contributed by atoms with Gasteiger partial charge < -0.3 is 19.0 Å². The molecule has 1 aliphatic rings. The van der Waals surface area contributed by atoms with Crippen molar-refractivity contribution in [2.75, 3.05) is 11.4 Å². The normalized spacial score (nSPS) is 14.4. The number of carbonyl (C=O) groups is 1. The first-order valence-electron chi connectivity index (χ1n) is 6.59. The van der Waals surface area contributed by atoms with Crippen LogP contribution in [0.3, 0.4) is 0 Å². The molecule has 0 bridgehead atoms. The van der Waals surface area contributed by atoms with Crippen molar-refractivity contribution in [1.29, 1.82) is 0 Å². The zero-order chi connectivity index (χ0) is 14.4. The first kappa shape index (κ1) is 12.0. The highest BCUT2D eigenvalue weighted by Gasteiger charge is 2.21. The van der Waals surface area contributed by atoms with Gasteiger partial charge in [0.15, 0.2) is 5.58 Å². The number of anilines is 1. The lowest BCUT2D eigenvalue weighted by molar-refractivity contribution is 0.0697. The third-order valence-electron chi connectivity index (χ3n) is 3.64. The summed E-state index contributed by atoms with van der Waals surface area (Å²) in [4.78, 5) is 21.7. The van der Waals surface area contributed by atoms with E-state index in [0.717, 1.165) is 18.9 Å². The second kappa shape index (κ2) is 4.34. The summed E-state index contributed by atoms with van der Waals surface area (Å²) in [7, 11) is 0. The molecular formula is C14H12N4O3. The van der Waals surface area contributed by atoms with E-state index in [9.17, 15) is 4.79 Å². The molecule has 3 heterocycles. The number of fused-ring (bicyclic) bond motifs is 2. The van der Waals surface area contributed by atoms with Gasteiger partial charge in [-0.2, -0.15) is 4.98 Å². The molecule has 0 radical (unpaired) electrons. The summed E-state index contributed by atoms with van der Waals surface area (Å²) in [5.74, 6) is -0.00965. The van der Waals surface area contributed by atoms with Gasteiger partial charge in [0.25, 0.3) is 6.01 Å². The molecule has 0 fully saturated rings. The molecule has 7 nitrogen and oxygen atoms in total. The van der Waals surface area contributed by atoms with E-state index in [1.165, 1.54) is 12.1 Å². The number of nitrogens with zero attached hydrogens (tertiary/aromatic N) is 4. The van der Waals surface area contributed by atoms with Gasteiger partial charge in [0.2, 0.25) is 0 Å².